The molecule has 0 radical (unpaired) electrons. The predicted molar refractivity (Wildman–Crippen MR) is 113 cm³/mol. The van der Waals surface area contributed by atoms with Gasteiger partial charge >= 0.3 is 12.4 Å². The third-order valence-corrected chi connectivity index (χ3v) is 6.07. The van der Waals surface area contributed by atoms with Gasteiger partial charge in [0.15, 0.2) is 5.78 Å². The third-order valence-electron chi connectivity index (χ3n) is 5.06. The number of halogens is 6. The summed E-state index contributed by atoms with van der Waals surface area (Å²) in [6.07, 6.45) is -10.4. The molecule has 1 amide bonds. The minimum atomic E-state index is -4.96. The summed E-state index contributed by atoms with van der Waals surface area (Å²) in [6.45, 7) is 1.23. The number of hydrogen-bond acceptors (Lipinski definition) is 3. The fraction of sp³-hybridized carbons (Fsp3) is 0.304. The van der Waals surface area contributed by atoms with E-state index >= 15 is 0 Å². The standard InChI is InChI=1S/C23H19F6NO2S/c1-13(31)30-19(10-15-12-33-21-5-3-2-4-18(15)21)20(32)7-6-14-8-16(22(24,25)26)11-17(9-14)23(27,28)29/h2-5,8-9,11-12,19H,6-7,10H2,1H3,(H,30,31). The van der Waals surface area contributed by atoms with Gasteiger partial charge in [-0.25, -0.2) is 0 Å². The summed E-state index contributed by atoms with van der Waals surface area (Å²) >= 11 is 1.47. The van der Waals surface area contributed by atoms with Crippen molar-refractivity contribution in [1.82, 2.24) is 5.32 Å². The zero-order valence-electron chi connectivity index (χ0n) is 17.3. The number of benzene rings is 2. The van der Waals surface area contributed by atoms with Crippen LogP contribution < -0.4 is 5.32 Å². The van der Waals surface area contributed by atoms with Crippen LogP contribution in [0.4, 0.5) is 26.3 Å². The number of aryl methyl sites for hydroxylation is 1. The molecule has 3 aromatic rings. The molecule has 3 rings (SSSR count). The minimum Gasteiger partial charge on any atom is -0.346 e. The van der Waals surface area contributed by atoms with E-state index in [1.54, 1.807) is 0 Å². The topological polar surface area (TPSA) is 46.2 Å². The normalized spacial score (nSPS) is 13.2. The zero-order valence-corrected chi connectivity index (χ0v) is 18.1. The van der Waals surface area contributed by atoms with Gasteiger partial charge in [-0.15, -0.1) is 11.3 Å². The van der Waals surface area contributed by atoms with Crippen LogP contribution >= 0.6 is 11.3 Å². The van der Waals surface area contributed by atoms with Crippen LogP contribution in [0.5, 0.6) is 0 Å². The van der Waals surface area contributed by atoms with E-state index in [0.29, 0.717) is 12.1 Å². The van der Waals surface area contributed by atoms with Crippen molar-refractivity contribution in [3.63, 3.8) is 0 Å². The van der Waals surface area contributed by atoms with Gasteiger partial charge in [0, 0.05) is 24.5 Å². The Morgan fingerprint density at radius 1 is 0.970 bits per heavy atom. The van der Waals surface area contributed by atoms with Crippen molar-refractivity contribution in [1.29, 1.82) is 0 Å². The predicted octanol–water partition coefficient (Wildman–Crippen LogP) is 6.19. The van der Waals surface area contributed by atoms with Gasteiger partial charge < -0.3 is 5.32 Å². The summed E-state index contributed by atoms with van der Waals surface area (Å²) in [7, 11) is 0. The molecule has 176 valence electrons. The molecule has 2 aromatic carbocycles. The van der Waals surface area contributed by atoms with E-state index < -0.39 is 41.2 Å². The molecule has 1 N–H and O–H groups in total. The van der Waals surface area contributed by atoms with Gasteiger partial charge in [-0.3, -0.25) is 9.59 Å². The second kappa shape index (κ2) is 9.54. The Morgan fingerprint density at radius 2 is 1.58 bits per heavy atom. The lowest BCUT2D eigenvalue weighted by atomic mass is 9.96. The highest BCUT2D eigenvalue weighted by molar-refractivity contribution is 7.17. The van der Waals surface area contributed by atoms with Crippen LogP contribution in [-0.2, 0) is 34.8 Å². The SMILES string of the molecule is CC(=O)NC(Cc1csc2ccccc12)C(=O)CCc1cc(C(F)(F)F)cc(C(F)(F)F)c1. The van der Waals surface area contributed by atoms with Crippen molar-refractivity contribution in [2.75, 3.05) is 0 Å². The van der Waals surface area contributed by atoms with E-state index in [2.05, 4.69) is 5.32 Å². The Kier molecular flexibility index (Phi) is 7.16. The molecular weight excluding hydrogens is 468 g/mol. The number of amides is 1. The van der Waals surface area contributed by atoms with Crippen LogP contribution in [0.25, 0.3) is 10.1 Å². The first kappa shape index (κ1) is 24.8. The van der Waals surface area contributed by atoms with Crippen molar-refractivity contribution in [2.45, 2.75) is 44.6 Å². The molecule has 0 spiro atoms. The minimum absolute atomic E-state index is 0.0487. The van der Waals surface area contributed by atoms with Crippen LogP contribution in [0.15, 0.2) is 47.8 Å². The van der Waals surface area contributed by atoms with Crippen LogP contribution in [0.3, 0.4) is 0 Å². The number of ketones is 1. The number of fused-ring (bicyclic) bond motifs is 1. The molecule has 0 bridgehead atoms. The average Bonchev–Trinajstić information content (AvgIpc) is 3.12. The summed E-state index contributed by atoms with van der Waals surface area (Å²) in [4.78, 5) is 24.4. The van der Waals surface area contributed by atoms with Gasteiger partial charge in [0.25, 0.3) is 0 Å². The second-order valence-electron chi connectivity index (χ2n) is 7.59. The number of alkyl halides is 6. The quantitative estimate of drug-likeness (QED) is 0.404. The van der Waals surface area contributed by atoms with E-state index in [-0.39, 0.29) is 30.9 Å². The number of rotatable bonds is 7. The Hall–Kier alpha value is -2.88. The Bertz CT molecular complexity index is 1130. The van der Waals surface area contributed by atoms with Gasteiger partial charge in [0.05, 0.1) is 17.2 Å². The summed E-state index contributed by atoms with van der Waals surface area (Å²) in [5.41, 5.74) is -2.29. The maximum absolute atomic E-state index is 13.1. The Labute approximate surface area is 189 Å². The lowest BCUT2D eigenvalue weighted by Gasteiger charge is -2.18. The maximum Gasteiger partial charge on any atom is 0.416 e. The highest BCUT2D eigenvalue weighted by Gasteiger charge is 2.37. The van der Waals surface area contributed by atoms with Crippen molar-refractivity contribution in [2.24, 2.45) is 0 Å². The number of carbonyl (C=O) groups excluding carboxylic acids is 2. The monoisotopic (exact) mass is 487 g/mol. The molecule has 0 saturated carbocycles. The Balaban J connectivity index is 1.81. The molecule has 0 aliphatic rings. The molecule has 10 heteroatoms. The number of carbonyl (C=O) groups is 2. The summed E-state index contributed by atoms with van der Waals surface area (Å²) < 4.78 is 79.4. The number of thiophene rings is 1. The lowest BCUT2D eigenvalue weighted by Crippen LogP contribution is -2.41. The molecule has 1 heterocycles. The van der Waals surface area contributed by atoms with Gasteiger partial charge in [-0.05, 0) is 52.6 Å². The largest absolute Gasteiger partial charge is 0.416 e. The maximum atomic E-state index is 13.1. The van der Waals surface area contributed by atoms with Crippen molar-refractivity contribution in [3.05, 3.63) is 70.1 Å². The highest BCUT2D eigenvalue weighted by atomic mass is 32.1. The molecule has 1 atom stereocenters. The van der Waals surface area contributed by atoms with Crippen molar-refractivity contribution in [3.8, 4) is 0 Å². The molecule has 0 aliphatic heterocycles. The highest BCUT2D eigenvalue weighted by Crippen LogP contribution is 2.36. The number of hydrogen-bond donors (Lipinski definition) is 1. The van der Waals surface area contributed by atoms with E-state index in [4.69, 9.17) is 0 Å². The molecule has 33 heavy (non-hydrogen) atoms. The first-order chi connectivity index (χ1) is 15.3. The third kappa shape index (κ3) is 6.34. The fourth-order valence-electron chi connectivity index (χ4n) is 3.51. The first-order valence-corrected chi connectivity index (χ1v) is 10.8. The first-order valence-electron chi connectivity index (χ1n) is 9.88. The van der Waals surface area contributed by atoms with Gasteiger partial charge in [-0.1, -0.05) is 18.2 Å². The summed E-state index contributed by atoms with van der Waals surface area (Å²) in [5.74, 6) is -0.947. The van der Waals surface area contributed by atoms with Crippen LogP contribution in [-0.4, -0.2) is 17.7 Å². The fourth-order valence-corrected chi connectivity index (χ4v) is 4.48. The Morgan fingerprint density at radius 3 is 2.15 bits per heavy atom. The molecule has 0 aliphatic carbocycles. The van der Waals surface area contributed by atoms with Crippen LogP contribution in [0.2, 0.25) is 0 Å². The van der Waals surface area contributed by atoms with E-state index in [1.165, 1.54) is 18.3 Å². The summed E-state index contributed by atoms with van der Waals surface area (Å²) in [6, 6.07) is 7.80. The molecular formula is C23H19F6NO2S. The molecule has 1 aromatic heterocycles. The lowest BCUT2D eigenvalue weighted by molar-refractivity contribution is -0.143. The molecule has 1 unspecified atom stereocenters. The second-order valence-corrected chi connectivity index (χ2v) is 8.51. The van der Waals surface area contributed by atoms with Crippen LogP contribution in [0.1, 0.15) is 35.6 Å². The van der Waals surface area contributed by atoms with E-state index in [9.17, 15) is 35.9 Å². The molecule has 0 fully saturated rings. The number of nitrogens with one attached hydrogen (secondary N) is 1. The van der Waals surface area contributed by atoms with Crippen molar-refractivity contribution >= 4 is 33.1 Å². The molecule has 0 saturated heterocycles. The van der Waals surface area contributed by atoms with Gasteiger partial charge in [-0.2, -0.15) is 26.3 Å². The van der Waals surface area contributed by atoms with Crippen molar-refractivity contribution < 1.29 is 35.9 Å². The van der Waals surface area contributed by atoms with Gasteiger partial charge in [0.1, 0.15) is 0 Å². The summed E-state index contributed by atoms with van der Waals surface area (Å²) in [5, 5.41) is 5.32. The zero-order chi connectivity index (χ0) is 24.4. The van der Waals surface area contributed by atoms with E-state index in [0.717, 1.165) is 15.6 Å². The van der Waals surface area contributed by atoms with Gasteiger partial charge in [0.2, 0.25) is 5.91 Å². The van der Waals surface area contributed by atoms with Crippen LogP contribution in [0, 0.1) is 0 Å². The smallest absolute Gasteiger partial charge is 0.346 e. The van der Waals surface area contributed by atoms with E-state index in [1.807, 2.05) is 29.6 Å². The average molecular weight is 487 g/mol. The molecule has 3 nitrogen and oxygen atoms in total. The number of Topliss-reactive ketones (excluding diaryl/α,β-unsaturated/α-hetero) is 1.